The lowest BCUT2D eigenvalue weighted by Gasteiger charge is -2.35. The summed E-state index contributed by atoms with van der Waals surface area (Å²) in [4.78, 5) is 81.2. The number of aryl methyl sites for hydroxylation is 1. The average molecular weight is 1030 g/mol. The van der Waals surface area contributed by atoms with Crippen LogP contribution in [0.1, 0.15) is 82.5 Å². The van der Waals surface area contributed by atoms with Crippen LogP contribution in [0.2, 0.25) is 0 Å². The van der Waals surface area contributed by atoms with Crippen LogP contribution in [0.3, 0.4) is 0 Å². The van der Waals surface area contributed by atoms with Crippen LogP contribution in [-0.4, -0.2) is 131 Å². The number of amides is 5. The van der Waals surface area contributed by atoms with E-state index in [1.165, 1.54) is 16.2 Å². The van der Waals surface area contributed by atoms with E-state index in [1.807, 2.05) is 103 Å². The third-order valence-corrected chi connectivity index (χ3v) is 15.1. The number of nitrogens with zero attached hydrogens (tertiary/aromatic N) is 4. The molecule has 5 heterocycles. The summed E-state index contributed by atoms with van der Waals surface area (Å²) < 4.78 is 18.1. The van der Waals surface area contributed by atoms with E-state index in [4.69, 9.17) is 19.2 Å². The first-order chi connectivity index (χ1) is 33.8. The van der Waals surface area contributed by atoms with Gasteiger partial charge in [-0.2, -0.15) is 0 Å². The summed E-state index contributed by atoms with van der Waals surface area (Å²) in [7, 11) is 0. The molecule has 5 N–H and O–H groups in total. The topological polar surface area (TPSA) is 214 Å². The lowest BCUT2D eigenvalue weighted by atomic mass is 9.85. The normalized spacial score (nSPS) is 16.5. The van der Waals surface area contributed by atoms with Crippen molar-refractivity contribution in [1.82, 2.24) is 35.7 Å². The van der Waals surface area contributed by atoms with Gasteiger partial charge in [-0.25, -0.2) is 14.8 Å². The van der Waals surface area contributed by atoms with Crippen molar-refractivity contribution in [2.75, 3.05) is 57.9 Å². The Morgan fingerprint density at radius 3 is 2.35 bits per heavy atom. The van der Waals surface area contributed by atoms with Crippen LogP contribution in [0.5, 0.6) is 0 Å². The first-order valence-electron chi connectivity index (χ1n) is 24.0. The molecule has 2 aliphatic rings. The van der Waals surface area contributed by atoms with Gasteiger partial charge in [-0.1, -0.05) is 57.2 Å². The van der Waals surface area contributed by atoms with Crippen molar-refractivity contribution >= 4 is 79.0 Å². The Hall–Kier alpha value is -5.35. The van der Waals surface area contributed by atoms with E-state index in [-0.39, 0.29) is 69.4 Å². The summed E-state index contributed by atoms with van der Waals surface area (Å²) in [5.41, 5.74) is 6.34. The molecular weight excluding hydrogens is 965 g/mol. The molecule has 0 radical (unpaired) electrons. The molecule has 7 rings (SSSR count). The number of carbonyl (C=O) groups excluding carboxylic acids is 5. The van der Waals surface area contributed by atoms with Crippen LogP contribution in [0, 0.1) is 12.3 Å². The molecule has 0 aliphatic carbocycles. The van der Waals surface area contributed by atoms with E-state index >= 15 is 0 Å². The third-order valence-electron chi connectivity index (χ3n) is 12.0. The van der Waals surface area contributed by atoms with E-state index in [0.717, 1.165) is 57.9 Å². The molecule has 0 unspecified atom stereocenters. The lowest BCUT2D eigenvalue weighted by molar-refractivity contribution is -0.144. The fraction of sp³-hybridized carbons (Fsp3) is 0.510. The smallest absolute Gasteiger partial charge is 0.410 e. The summed E-state index contributed by atoms with van der Waals surface area (Å²) in [6, 6.07) is 14.0. The number of ether oxygens (including phenoxy) is 3. The summed E-state index contributed by atoms with van der Waals surface area (Å²) in [6.07, 6.45) is -0.260. The molecular formula is C51H66N8O9S3. The van der Waals surface area contributed by atoms with Crippen LogP contribution in [0.25, 0.3) is 31.2 Å². The van der Waals surface area contributed by atoms with E-state index in [2.05, 4.69) is 26.3 Å². The molecule has 3 aromatic heterocycles. The first-order valence-corrected chi connectivity index (χ1v) is 26.6. The van der Waals surface area contributed by atoms with Gasteiger partial charge in [-0.3, -0.25) is 19.2 Å². The maximum Gasteiger partial charge on any atom is 0.410 e. The number of benzene rings is 2. The van der Waals surface area contributed by atoms with Gasteiger partial charge in [0.2, 0.25) is 23.6 Å². The summed E-state index contributed by atoms with van der Waals surface area (Å²) in [5, 5.41) is 24.3. The number of likely N-dealkylation sites (tertiary alicyclic amines) is 1. The van der Waals surface area contributed by atoms with E-state index in [0.29, 0.717) is 45.8 Å². The number of aliphatic hydroxyl groups is 1. The predicted molar refractivity (Wildman–Crippen MR) is 277 cm³/mol. The van der Waals surface area contributed by atoms with Crippen molar-refractivity contribution in [2.45, 2.75) is 111 Å². The summed E-state index contributed by atoms with van der Waals surface area (Å²) >= 11 is 4.64. The van der Waals surface area contributed by atoms with E-state index in [9.17, 15) is 29.1 Å². The molecule has 1 fully saturated rings. The number of β-amino-alcohol motifs (C(OH)–C–C–N with tert-alkyl or cyclic N) is 1. The Morgan fingerprint density at radius 2 is 1.65 bits per heavy atom. The Balaban J connectivity index is 0.793. The Kier molecular flexibility index (Phi) is 18.0. The molecule has 3 atom stereocenters. The van der Waals surface area contributed by atoms with Crippen molar-refractivity contribution in [2.24, 2.45) is 5.41 Å². The highest BCUT2D eigenvalue weighted by atomic mass is 32.1. The number of nitrogens with one attached hydrogen (secondary N) is 4. The lowest BCUT2D eigenvalue weighted by Crippen LogP contribution is -2.57. The average Bonchev–Trinajstić information content (AvgIpc) is 4.12. The molecule has 20 heteroatoms. The molecule has 17 nitrogen and oxygen atoms in total. The predicted octanol–water partition coefficient (Wildman–Crippen LogP) is 6.90. The monoisotopic (exact) mass is 1030 g/mol. The second-order valence-electron chi connectivity index (χ2n) is 19.8. The van der Waals surface area contributed by atoms with Crippen molar-refractivity contribution in [3.8, 4) is 21.0 Å². The van der Waals surface area contributed by atoms with Crippen molar-refractivity contribution in [1.29, 1.82) is 0 Å². The van der Waals surface area contributed by atoms with Gasteiger partial charge in [0.15, 0.2) is 0 Å². The van der Waals surface area contributed by atoms with Crippen LogP contribution < -0.4 is 21.3 Å². The zero-order valence-corrected chi connectivity index (χ0v) is 44.0. The zero-order chi connectivity index (χ0) is 50.9. The maximum atomic E-state index is 14.0. The SMILES string of the molecule is Cc1ncsc1-c1ccc(CNC(=O)[C@@H]2C[C@@H](O)CN2C(=O)[C@@H](NC(=O)CCOCCOCCNCCC(=O)Nc2sc3c(c2-c2nc4ccccc4s2)CCN(C(=O)OC(C)(C)C)C3)C(C)(C)C)cc1. The van der Waals surface area contributed by atoms with E-state index in [1.54, 1.807) is 27.6 Å². The van der Waals surface area contributed by atoms with Gasteiger partial charge in [-0.05, 0) is 68.4 Å². The Bertz CT molecular complexity index is 2620. The third kappa shape index (κ3) is 14.4. The van der Waals surface area contributed by atoms with Gasteiger partial charge in [0.05, 0.1) is 65.4 Å². The Morgan fingerprint density at radius 1 is 0.901 bits per heavy atom. The second kappa shape index (κ2) is 23.9. The number of hydrogen-bond donors (Lipinski definition) is 5. The molecule has 2 aliphatic heterocycles. The van der Waals surface area contributed by atoms with Gasteiger partial charge in [0.1, 0.15) is 27.7 Å². The number of aromatic nitrogens is 2. The first kappa shape index (κ1) is 53.4. The summed E-state index contributed by atoms with van der Waals surface area (Å²) in [6.45, 7) is 16.2. The van der Waals surface area contributed by atoms with Crippen LogP contribution >= 0.6 is 34.0 Å². The molecule has 1 saturated heterocycles. The molecule has 5 aromatic rings. The number of thiazole rings is 2. The number of thiophene rings is 1. The minimum absolute atomic E-state index is 0.0120. The van der Waals surface area contributed by atoms with Crippen molar-refractivity contribution in [3.05, 3.63) is 75.7 Å². The van der Waals surface area contributed by atoms with Gasteiger partial charge < -0.3 is 50.4 Å². The highest BCUT2D eigenvalue weighted by Gasteiger charge is 2.44. The van der Waals surface area contributed by atoms with Crippen molar-refractivity contribution < 1.29 is 43.3 Å². The maximum absolute atomic E-state index is 14.0. The number of hydrogen-bond acceptors (Lipinski definition) is 15. The van der Waals surface area contributed by atoms with Crippen LogP contribution in [0.15, 0.2) is 54.0 Å². The van der Waals surface area contributed by atoms with Crippen molar-refractivity contribution in [3.63, 3.8) is 0 Å². The molecule has 5 amide bonds. The number of aliphatic hydroxyl groups excluding tert-OH is 1. The fourth-order valence-corrected chi connectivity index (χ4v) is 11.5. The molecule has 2 aromatic carbocycles. The minimum Gasteiger partial charge on any atom is -0.444 e. The standard InChI is InChI=1S/C51H66N8O9S3/c1-31-43(69-30-54-31)33-14-12-32(13-15-33)27-53-45(63)37-26-34(60)28-59(37)48(64)44(50(2,3)4)56-41(62)18-22-66-24-25-67-23-20-52-19-16-40(61)57-47-42(46-55-36-10-8-9-11-38(36)70-46)35-17-21-58(29-39(35)71-47)49(65)68-51(5,6)7/h8-15,30,34,37,44,52,60H,16-29H2,1-7H3,(H,53,63)(H,56,62)(H,57,61)/t34-,37+,44-/m1/s1. The number of para-hydroxylation sites is 1. The highest BCUT2D eigenvalue weighted by molar-refractivity contribution is 7.23. The summed E-state index contributed by atoms with van der Waals surface area (Å²) in [5.74, 6) is -1.31. The Labute approximate surface area is 427 Å². The van der Waals surface area contributed by atoms with Gasteiger partial charge in [-0.15, -0.1) is 34.0 Å². The molecule has 71 heavy (non-hydrogen) atoms. The second-order valence-corrected chi connectivity index (χ2v) is 22.8. The van der Waals surface area contributed by atoms with Gasteiger partial charge >= 0.3 is 6.09 Å². The molecule has 0 spiro atoms. The van der Waals surface area contributed by atoms with E-state index < -0.39 is 35.1 Å². The molecule has 0 saturated carbocycles. The highest BCUT2D eigenvalue weighted by Crippen LogP contribution is 2.46. The largest absolute Gasteiger partial charge is 0.444 e. The molecule has 0 bridgehead atoms. The van der Waals surface area contributed by atoms with Crippen LogP contribution in [-0.2, 0) is 52.9 Å². The minimum atomic E-state index is -0.943. The molecule has 382 valence electrons. The number of anilines is 1. The number of rotatable bonds is 20. The fourth-order valence-electron chi connectivity index (χ4n) is 8.34. The van der Waals surface area contributed by atoms with Gasteiger partial charge in [0, 0.05) is 62.4 Å². The number of fused-ring (bicyclic) bond motifs is 2. The number of carbonyl (C=O) groups is 5. The quantitative estimate of drug-likeness (QED) is 0.0504. The van der Waals surface area contributed by atoms with Crippen LogP contribution in [0.4, 0.5) is 9.80 Å². The van der Waals surface area contributed by atoms with Gasteiger partial charge in [0.25, 0.3) is 0 Å². The zero-order valence-electron chi connectivity index (χ0n) is 41.6.